The molecule has 0 bridgehead atoms. The number of hydrogen-bond donors (Lipinski definition) is 2. The highest BCUT2D eigenvalue weighted by atomic mass is 16.5. The van der Waals surface area contributed by atoms with Crippen LogP contribution in [0.15, 0.2) is 0 Å². The lowest BCUT2D eigenvalue weighted by molar-refractivity contribution is -0.130. The number of likely N-dealkylation sites (tertiary alicyclic amines) is 1. The monoisotopic (exact) mass is 281 g/mol. The summed E-state index contributed by atoms with van der Waals surface area (Å²) in [6.45, 7) is 3.32. The smallest absolute Gasteiger partial charge is 0.240 e. The first-order valence-corrected chi connectivity index (χ1v) is 8.09. The third-order valence-electron chi connectivity index (χ3n) is 5.23. The molecule has 2 saturated heterocycles. The third-order valence-corrected chi connectivity index (χ3v) is 5.23. The van der Waals surface area contributed by atoms with Gasteiger partial charge in [0.1, 0.15) is 0 Å². The maximum Gasteiger partial charge on any atom is 0.240 e. The zero-order valence-corrected chi connectivity index (χ0v) is 12.3. The van der Waals surface area contributed by atoms with Crippen LogP contribution >= 0.6 is 0 Å². The molecular formula is C15H27N3O2. The molecule has 0 radical (unpaired) electrons. The summed E-state index contributed by atoms with van der Waals surface area (Å²) in [7, 11) is 0. The van der Waals surface area contributed by atoms with Crippen LogP contribution < -0.4 is 11.1 Å². The predicted octanol–water partition coefficient (Wildman–Crippen LogP) is 0.627. The summed E-state index contributed by atoms with van der Waals surface area (Å²) in [6, 6.07) is 1.04. The van der Waals surface area contributed by atoms with Crippen molar-refractivity contribution in [3.63, 3.8) is 0 Å². The van der Waals surface area contributed by atoms with E-state index in [1.165, 1.54) is 25.7 Å². The molecule has 1 aliphatic carbocycles. The van der Waals surface area contributed by atoms with Crippen molar-refractivity contribution in [3.8, 4) is 0 Å². The summed E-state index contributed by atoms with van der Waals surface area (Å²) in [6.07, 6.45) is 7.73. The Bertz CT molecular complexity index is 349. The van der Waals surface area contributed by atoms with Crippen molar-refractivity contribution in [3.05, 3.63) is 0 Å². The predicted molar refractivity (Wildman–Crippen MR) is 77.3 cm³/mol. The minimum absolute atomic E-state index is 0.0269. The Labute approximate surface area is 121 Å². The van der Waals surface area contributed by atoms with Crippen molar-refractivity contribution < 1.29 is 9.53 Å². The quantitative estimate of drug-likeness (QED) is 0.796. The van der Waals surface area contributed by atoms with Crippen LogP contribution in [0.2, 0.25) is 0 Å². The van der Waals surface area contributed by atoms with Crippen LogP contribution in [0, 0.1) is 0 Å². The molecule has 1 atom stereocenters. The van der Waals surface area contributed by atoms with E-state index in [0.29, 0.717) is 26.1 Å². The van der Waals surface area contributed by atoms with Gasteiger partial charge in [-0.05, 0) is 32.1 Å². The number of ether oxygens (including phenoxy) is 1. The molecule has 1 saturated carbocycles. The van der Waals surface area contributed by atoms with E-state index in [1.807, 2.05) is 0 Å². The Morgan fingerprint density at radius 1 is 1.20 bits per heavy atom. The van der Waals surface area contributed by atoms with E-state index in [-0.39, 0.29) is 11.9 Å². The Kier molecular flexibility index (Phi) is 4.29. The lowest BCUT2D eigenvalue weighted by Crippen LogP contribution is -2.59. The second-order valence-electron chi connectivity index (χ2n) is 6.66. The SMILES string of the molecule is NC1(C(=O)NC2CCN(C3CCCC3)C2)CCOCC1. The van der Waals surface area contributed by atoms with E-state index in [0.717, 1.165) is 25.6 Å². The van der Waals surface area contributed by atoms with Gasteiger partial charge < -0.3 is 15.8 Å². The lowest BCUT2D eigenvalue weighted by atomic mass is 9.90. The first-order valence-electron chi connectivity index (χ1n) is 8.09. The molecule has 3 N–H and O–H groups in total. The second kappa shape index (κ2) is 6.00. The van der Waals surface area contributed by atoms with Crippen molar-refractivity contribution >= 4 is 5.91 Å². The average molecular weight is 281 g/mol. The molecule has 5 heteroatoms. The van der Waals surface area contributed by atoms with Crippen molar-refractivity contribution in [1.29, 1.82) is 0 Å². The third kappa shape index (κ3) is 3.00. The molecule has 3 fully saturated rings. The zero-order valence-electron chi connectivity index (χ0n) is 12.3. The minimum atomic E-state index is -0.709. The number of nitrogens with one attached hydrogen (secondary N) is 1. The van der Waals surface area contributed by atoms with E-state index in [2.05, 4.69) is 10.2 Å². The Balaban J connectivity index is 1.49. The number of carbonyl (C=O) groups excluding carboxylic acids is 1. The molecular weight excluding hydrogens is 254 g/mol. The fourth-order valence-corrected chi connectivity index (χ4v) is 3.80. The summed E-state index contributed by atoms with van der Waals surface area (Å²) in [5, 5.41) is 3.18. The topological polar surface area (TPSA) is 67.6 Å². The molecule has 0 aromatic heterocycles. The second-order valence-corrected chi connectivity index (χ2v) is 6.66. The first-order chi connectivity index (χ1) is 9.67. The van der Waals surface area contributed by atoms with Gasteiger partial charge in [0.15, 0.2) is 0 Å². The number of nitrogens with zero attached hydrogens (tertiary/aromatic N) is 1. The first kappa shape index (κ1) is 14.3. The number of amides is 1. The van der Waals surface area contributed by atoms with E-state index in [9.17, 15) is 4.79 Å². The Morgan fingerprint density at radius 3 is 2.60 bits per heavy atom. The zero-order chi connectivity index (χ0) is 14.0. The molecule has 3 rings (SSSR count). The fourth-order valence-electron chi connectivity index (χ4n) is 3.80. The molecule has 1 unspecified atom stereocenters. The number of rotatable bonds is 3. The van der Waals surface area contributed by atoms with E-state index >= 15 is 0 Å². The van der Waals surface area contributed by atoms with Gasteiger partial charge in [-0.25, -0.2) is 0 Å². The van der Waals surface area contributed by atoms with E-state index in [4.69, 9.17) is 10.5 Å². The summed E-state index contributed by atoms with van der Waals surface area (Å²) in [4.78, 5) is 15.0. The van der Waals surface area contributed by atoms with Gasteiger partial charge in [-0.15, -0.1) is 0 Å². The molecule has 0 aromatic carbocycles. The molecule has 3 aliphatic rings. The standard InChI is InChI=1S/C15H27N3O2/c16-15(6-9-20-10-7-15)14(19)17-12-5-8-18(11-12)13-3-1-2-4-13/h12-13H,1-11,16H2,(H,17,19). The molecule has 1 amide bonds. The van der Waals surface area contributed by atoms with E-state index < -0.39 is 5.54 Å². The van der Waals surface area contributed by atoms with Gasteiger partial charge in [0.05, 0.1) is 5.54 Å². The van der Waals surface area contributed by atoms with Gasteiger partial charge in [0.25, 0.3) is 0 Å². The molecule has 20 heavy (non-hydrogen) atoms. The molecule has 2 aliphatic heterocycles. The van der Waals surface area contributed by atoms with Crippen LogP contribution in [0.3, 0.4) is 0 Å². The van der Waals surface area contributed by atoms with Gasteiger partial charge in [-0.1, -0.05) is 12.8 Å². The highest BCUT2D eigenvalue weighted by Crippen LogP contribution is 2.27. The highest BCUT2D eigenvalue weighted by Gasteiger charge is 2.38. The summed E-state index contributed by atoms with van der Waals surface area (Å²) >= 11 is 0. The van der Waals surface area contributed by atoms with Gasteiger partial charge >= 0.3 is 0 Å². The molecule has 0 aromatic rings. The summed E-state index contributed by atoms with van der Waals surface area (Å²) in [5.41, 5.74) is 5.52. The number of carbonyl (C=O) groups is 1. The maximum atomic E-state index is 12.4. The minimum Gasteiger partial charge on any atom is -0.381 e. The van der Waals surface area contributed by atoms with Crippen LogP contribution in [-0.2, 0) is 9.53 Å². The van der Waals surface area contributed by atoms with E-state index in [1.54, 1.807) is 0 Å². The summed E-state index contributed by atoms with van der Waals surface area (Å²) in [5.74, 6) is 0.0269. The van der Waals surface area contributed by atoms with Crippen LogP contribution in [-0.4, -0.2) is 54.7 Å². The Morgan fingerprint density at radius 2 is 1.90 bits per heavy atom. The van der Waals surface area contributed by atoms with Gasteiger partial charge in [-0.2, -0.15) is 0 Å². The van der Waals surface area contributed by atoms with Gasteiger partial charge in [-0.3, -0.25) is 9.69 Å². The molecule has 114 valence electrons. The van der Waals surface area contributed by atoms with Gasteiger partial charge in [0.2, 0.25) is 5.91 Å². The van der Waals surface area contributed by atoms with Crippen LogP contribution in [0.1, 0.15) is 44.9 Å². The number of hydrogen-bond acceptors (Lipinski definition) is 4. The largest absolute Gasteiger partial charge is 0.381 e. The van der Waals surface area contributed by atoms with Crippen molar-refractivity contribution in [1.82, 2.24) is 10.2 Å². The Hall–Kier alpha value is -0.650. The van der Waals surface area contributed by atoms with Crippen molar-refractivity contribution in [2.75, 3.05) is 26.3 Å². The van der Waals surface area contributed by atoms with Crippen LogP contribution in [0.5, 0.6) is 0 Å². The summed E-state index contributed by atoms with van der Waals surface area (Å²) < 4.78 is 5.30. The maximum absolute atomic E-state index is 12.4. The normalized spacial score (nSPS) is 31.6. The highest BCUT2D eigenvalue weighted by molar-refractivity contribution is 5.86. The average Bonchev–Trinajstić information content (AvgIpc) is 3.09. The lowest BCUT2D eigenvalue weighted by Gasteiger charge is -2.33. The van der Waals surface area contributed by atoms with Crippen molar-refractivity contribution in [2.24, 2.45) is 5.73 Å². The van der Waals surface area contributed by atoms with Crippen LogP contribution in [0.4, 0.5) is 0 Å². The molecule has 5 nitrogen and oxygen atoms in total. The molecule has 0 spiro atoms. The fraction of sp³-hybridized carbons (Fsp3) is 0.933. The van der Waals surface area contributed by atoms with Crippen molar-refractivity contribution in [2.45, 2.75) is 62.6 Å². The van der Waals surface area contributed by atoms with Gasteiger partial charge in [0, 0.05) is 38.4 Å². The number of nitrogens with two attached hydrogens (primary N) is 1. The van der Waals surface area contributed by atoms with Crippen LogP contribution in [0.25, 0.3) is 0 Å². The molecule has 2 heterocycles.